The van der Waals surface area contributed by atoms with Crippen LogP contribution >= 0.6 is 0 Å². The molecule has 4 heterocycles. The van der Waals surface area contributed by atoms with Crippen LogP contribution in [0, 0.1) is 0 Å². The first kappa shape index (κ1) is 27.0. The van der Waals surface area contributed by atoms with E-state index in [-0.39, 0.29) is 0 Å². The maximum absolute atomic E-state index is 2.48. The Kier molecular flexibility index (Phi) is 8.86. The van der Waals surface area contributed by atoms with Crippen molar-refractivity contribution in [2.45, 2.75) is 45.2 Å². The number of anilines is 2. The van der Waals surface area contributed by atoms with Crippen LogP contribution in [0.25, 0.3) is 24.3 Å². The van der Waals surface area contributed by atoms with Crippen molar-refractivity contribution < 1.29 is 9.13 Å². The second-order valence-electron chi connectivity index (χ2n) is 11.3. The summed E-state index contributed by atoms with van der Waals surface area (Å²) in [5, 5.41) is 0. The fourth-order valence-corrected chi connectivity index (χ4v) is 5.82. The fourth-order valence-electron chi connectivity index (χ4n) is 5.82. The molecule has 0 aliphatic carbocycles. The minimum Gasteiger partial charge on any atom is -0.372 e. The van der Waals surface area contributed by atoms with Crippen molar-refractivity contribution in [1.82, 2.24) is 0 Å². The summed E-state index contributed by atoms with van der Waals surface area (Å²) in [4.78, 5) is 4.95. The SMILES string of the molecule is C(=C\c1cc[n+](CCC[n+]2ccc(/C=C/c3ccc(N4CCCC4)cc3)cc2)cc1)/c1ccc(N2CCCC2)cc1. The number of aromatic nitrogens is 2. The molecule has 6 rings (SSSR count). The standard InChI is InChI=1S/C37H42N4/c1-2-25-40(24-1)36-14-10-32(11-15-36)6-8-34-18-28-38(29-19-34)22-5-23-39-30-20-35(21-31-39)9-7-33-12-16-37(17-13-33)41-26-3-4-27-41/h6-21,28-31H,1-5,22-27H2/q+2. The highest BCUT2D eigenvalue weighted by atomic mass is 15.1. The number of rotatable bonds is 10. The van der Waals surface area contributed by atoms with Crippen LogP contribution < -0.4 is 18.9 Å². The molecule has 0 saturated carbocycles. The van der Waals surface area contributed by atoms with Crippen LogP contribution in [-0.2, 0) is 13.1 Å². The van der Waals surface area contributed by atoms with E-state index in [1.807, 2.05) is 0 Å². The smallest absolute Gasteiger partial charge is 0.169 e. The topological polar surface area (TPSA) is 14.2 Å². The maximum Gasteiger partial charge on any atom is 0.169 e. The van der Waals surface area contributed by atoms with Gasteiger partial charge in [0.05, 0.1) is 6.42 Å². The molecule has 2 aliphatic rings. The highest BCUT2D eigenvalue weighted by Crippen LogP contribution is 2.22. The number of hydrogen-bond donors (Lipinski definition) is 0. The average Bonchev–Trinajstić information content (AvgIpc) is 3.77. The predicted molar refractivity (Wildman–Crippen MR) is 172 cm³/mol. The normalized spacial score (nSPS) is 15.5. The molecule has 0 N–H and O–H groups in total. The monoisotopic (exact) mass is 542 g/mol. The van der Waals surface area contributed by atoms with Gasteiger partial charge in [-0.05, 0) is 72.2 Å². The lowest BCUT2D eigenvalue weighted by Crippen LogP contribution is -2.38. The zero-order chi connectivity index (χ0) is 27.7. The van der Waals surface area contributed by atoms with E-state index in [4.69, 9.17) is 0 Å². The van der Waals surface area contributed by atoms with Crippen molar-refractivity contribution >= 4 is 35.7 Å². The summed E-state index contributed by atoms with van der Waals surface area (Å²) < 4.78 is 4.55. The van der Waals surface area contributed by atoms with Crippen LogP contribution in [0.2, 0.25) is 0 Å². The van der Waals surface area contributed by atoms with E-state index in [2.05, 4.69) is 141 Å². The maximum atomic E-state index is 2.48. The van der Waals surface area contributed by atoms with Gasteiger partial charge in [-0.2, -0.15) is 0 Å². The van der Waals surface area contributed by atoms with E-state index < -0.39 is 0 Å². The van der Waals surface area contributed by atoms with Crippen molar-refractivity contribution in [2.75, 3.05) is 36.0 Å². The van der Waals surface area contributed by atoms with Gasteiger partial charge < -0.3 is 9.80 Å². The summed E-state index contributed by atoms with van der Waals surface area (Å²) in [6.45, 7) is 6.77. The van der Waals surface area contributed by atoms with Gasteiger partial charge in [0.1, 0.15) is 0 Å². The van der Waals surface area contributed by atoms with Gasteiger partial charge in [0, 0.05) is 61.8 Å². The minimum atomic E-state index is 1.00. The molecule has 0 amide bonds. The molecular formula is C37H42N4+2. The molecule has 0 atom stereocenters. The van der Waals surface area contributed by atoms with E-state index >= 15 is 0 Å². The van der Waals surface area contributed by atoms with Crippen LogP contribution in [0.3, 0.4) is 0 Å². The van der Waals surface area contributed by atoms with Crippen molar-refractivity contribution in [1.29, 1.82) is 0 Å². The van der Waals surface area contributed by atoms with E-state index in [1.165, 1.54) is 85.5 Å². The van der Waals surface area contributed by atoms with Crippen molar-refractivity contribution in [3.8, 4) is 0 Å². The summed E-state index contributed by atoms with van der Waals surface area (Å²) in [5.41, 5.74) is 7.64. The Morgan fingerprint density at radius 2 is 0.756 bits per heavy atom. The molecular weight excluding hydrogens is 500 g/mol. The summed E-state index contributed by atoms with van der Waals surface area (Å²) in [7, 11) is 0. The second-order valence-corrected chi connectivity index (χ2v) is 11.3. The minimum absolute atomic E-state index is 1.00. The Morgan fingerprint density at radius 1 is 0.439 bits per heavy atom. The number of benzene rings is 2. The van der Waals surface area contributed by atoms with Crippen molar-refractivity contribution in [3.63, 3.8) is 0 Å². The van der Waals surface area contributed by atoms with Gasteiger partial charge in [0.2, 0.25) is 0 Å². The Morgan fingerprint density at radius 3 is 1.10 bits per heavy atom. The third-order valence-electron chi connectivity index (χ3n) is 8.33. The van der Waals surface area contributed by atoms with Crippen LogP contribution in [0.15, 0.2) is 97.6 Å². The van der Waals surface area contributed by atoms with Crippen LogP contribution in [0.1, 0.15) is 54.4 Å². The zero-order valence-electron chi connectivity index (χ0n) is 24.1. The Balaban J connectivity index is 0.939. The lowest BCUT2D eigenvalue weighted by atomic mass is 10.1. The summed E-state index contributed by atoms with van der Waals surface area (Å²) in [6.07, 6.45) is 23.9. The van der Waals surface area contributed by atoms with Crippen molar-refractivity contribution in [3.05, 3.63) is 120 Å². The molecule has 2 aromatic heterocycles. The van der Waals surface area contributed by atoms with Gasteiger partial charge in [0.25, 0.3) is 0 Å². The number of hydrogen-bond acceptors (Lipinski definition) is 2. The largest absolute Gasteiger partial charge is 0.372 e. The Bertz CT molecular complexity index is 1310. The first-order chi connectivity index (χ1) is 20.3. The molecule has 0 radical (unpaired) electrons. The molecule has 2 aliphatic heterocycles. The predicted octanol–water partition coefficient (Wildman–Crippen LogP) is 6.89. The van der Waals surface area contributed by atoms with Gasteiger partial charge in [-0.3, -0.25) is 0 Å². The first-order valence-corrected chi connectivity index (χ1v) is 15.3. The molecule has 2 aromatic carbocycles. The van der Waals surface area contributed by atoms with E-state index in [0.717, 1.165) is 19.5 Å². The second kappa shape index (κ2) is 13.5. The quantitative estimate of drug-likeness (QED) is 0.203. The molecule has 208 valence electrons. The highest BCUT2D eigenvalue weighted by molar-refractivity contribution is 5.71. The molecule has 4 nitrogen and oxygen atoms in total. The molecule has 0 bridgehead atoms. The third kappa shape index (κ3) is 7.52. The Labute approximate surface area is 245 Å². The zero-order valence-corrected chi connectivity index (χ0v) is 24.1. The van der Waals surface area contributed by atoms with Gasteiger partial charge in [-0.1, -0.05) is 48.6 Å². The molecule has 4 heteroatoms. The lowest BCUT2D eigenvalue weighted by molar-refractivity contribution is -0.726. The van der Waals surface area contributed by atoms with Gasteiger partial charge in [0.15, 0.2) is 37.9 Å². The Hall–Kier alpha value is -4.18. The van der Waals surface area contributed by atoms with E-state index in [0.29, 0.717) is 0 Å². The molecule has 2 saturated heterocycles. The summed E-state index contributed by atoms with van der Waals surface area (Å²) in [6, 6.07) is 26.7. The number of nitrogens with zero attached hydrogens (tertiary/aromatic N) is 4. The van der Waals surface area contributed by atoms with Crippen LogP contribution in [0.4, 0.5) is 11.4 Å². The van der Waals surface area contributed by atoms with Crippen LogP contribution in [0.5, 0.6) is 0 Å². The lowest BCUT2D eigenvalue weighted by Gasteiger charge is -2.17. The van der Waals surface area contributed by atoms with Gasteiger partial charge in [-0.15, -0.1) is 0 Å². The van der Waals surface area contributed by atoms with Gasteiger partial charge in [-0.25, -0.2) is 9.13 Å². The van der Waals surface area contributed by atoms with Crippen LogP contribution in [-0.4, -0.2) is 26.2 Å². The molecule has 41 heavy (non-hydrogen) atoms. The van der Waals surface area contributed by atoms with E-state index in [9.17, 15) is 0 Å². The molecule has 4 aromatic rings. The summed E-state index contributed by atoms with van der Waals surface area (Å²) >= 11 is 0. The summed E-state index contributed by atoms with van der Waals surface area (Å²) in [5.74, 6) is 0. The first-order valence-electron chi connectivity index (χ1n) is 15.3. The third-order valence-corrected chi connectivity index (χ3v) is 8.33. The number of pyridine rings is 2. The van der Waals surface area contributed by atoms with E-state index in [1.54, 1.807) is 0 Å². The number of aryl methyl sites for hydroxylation is 2. The molecule has 0 spiro atoms. The molecule has 2 fully saturated rings. The average molecular weight is 543 g/mol. The van der Waals surface area contributed by atoms with Crippen molar-refractivity contribution in [2.24, 2.45) is 0 Å². The van der Waals surface area contributed by atoms with Gasteiger partial charge >= 0.3 is 0 Å². The fraction of sp³-hybridized carbons (Fsp3) is 0.297. The molecule has 0 unspecified atom stereocenters. The highest BCUT2D eigenvalue weighted by Gasteiger charge is 2.12.